The van der Waals surface area contributed by atoms with Gasteiger partial charge in [0.25, 0.3) is 0 Å². The molecule has 2 rings (SSSR count). The summed E-state index contributed by atoms with van der Waals surface area (Å²) in [4.78, 5) is 14.1. The van der Waals surface area contributed by atoms with Crippen LogP contribution < -0.4 is 10.5 Å². The lowest BCUT2D eigenvalue weighted by Gasteiger charge is -2.29. The Kier molecular flexibility index (Phi) is 4.43. The van der Waals surface area contributed by atoms with E-state index in [1.165, 1.54) is 0 Å². The third-order valence-electron chi connectivity index (χ3n) is 3.59. The third-order valence-corrected chi connectivity index (χ3v) is 3.59. The van der Waals surface area contributed by atoms with Crippen LogP contribution in [-0.2, 0) is 11.2 Å². The van der Waals surface area contributed by atoms with E-state index in [0.717, 1.165) is 17.7 Å². The predicted molar refractivity (Wildman–Crippen MR) is 75.0 cm³/mol. The van der Waals surface area contributed by atoms with Crippen molar-refractivity contribution in [3.63, 3.8) is 0 Å². The largest absolute Gasteiger partial charge is 0.492 e. The van der Waals surface area contributed by atoms with Crippen LogP contribution in [0.3, 0.4) is 0 Å². The van der Waals surface area contributed by atoms with E-state index in [9.17, 15) is 4.79 Å². The molecule has 4 nitrogen and oxygen atoms in total. The number of nitrogens with two attached hydrogens (primary N) is 1. The molecule has 0 spiro atoms. The minimum absolute atomic E-state index is 0.0788. The average molecular weight is 262 g/mol. The molecule has 0 aromatic heterocycles. The van der Waals surface area contributed by atoms with Gasteiger partial charge in [-0.1, -0.05) is 25.1 Å². The quantitative estimate of drug-likeness (QED) is 0.889. The number of benzene rings is 1. The van der Waals surface area contributed by atoms with E-state index in [-0.39, 0.29) is 11.8 Å². The average Bonchev–Trinajstić information content (AvgIpc) is 2.45. The van der Waals surface area contributed by atoms with Crippen molar-refractivity contribution in [1.82, 2.24) is 4.90 Å². The Morgan fingerprint density at radius 3 is 3.00 bits per heavy atom. The lowest BCUT2D eigenvalue weighted by atomic mass is 9.95. The molecule has 0 saturated heterocycles. The highest BCUT2D eigenvalue weighted by molar-refractivity contribution is 5.79. The van der Waals surface area contributed by atoms with Crippen LogP contribution in [0.1, 0.15) is 12.5 Å². The Labute approximate surface area is 114 Å². The van der Waals surface area contributed by atoms with E-state index in [2.05, 4.69) is 6.92 Å². The first kappa shape index (κ1) is 13.9. The molecule has 2 atom stereocenters. The van der Waals surface area contributed by atoms with Gasteiger partial charge in [0, 0.05) is 13.6 Å². The van der Waals surface area contributed by atoms with Crippen molar-refractivity contribution >= 4 is 5.91 Å². The lowest BCUT2D eigenvalue weighted by Crippen LogP contribution is -2.41. The van der Waals surface area contributed by atoms with Gasteiger partial charge in [0.15, 0.2) is 0 Å². The highest BCUT2D eigenvalue weighted by Gasteiger charge is 2.28. The molecule has 2 N–H and O–H groups in total. The minimum Gasteiger partial charge on any atom is -0.492 e. The number of para-hydroxylation sites is 1. The second kappa shape index (κ2) is 6.06. The Hall–Kier alpha value is -1.55. The highest BCUT2D eigenvalue weighted by atomic mass is 16.5. The minimum atomic E-state index is -0.0788. The summed E-state index contributed by atoms with van der Waals surface area (Å²) in [6.45, 7) is 3.82. The Balaban J connectivity index is 1.98. The SMILES string of the molecule is CC(CN)CN(C)C(=O)C1COc2ccccc2C1. The van der Waals surface area contributed by atoms with E-state index >= 15 is 0 Å². The summed E-state index contributed by atoms with van der Waals surface area (Å²) < 4.78 is 5.67. The van der Waals surface area contributed by atoms with Gasteiger partial charge in [-0.05, 0) is 30.5 Å². The summed E-state index contributed by atoms with van der Waals surface area (Å²) in [7, 11) is 1.84. The summed E-state index contributed by atoms with van der Waals surface area (Å²) in [5.74, 6) is 1.30. The van der Waals surface area contributed by atoms with E-state index in [0.29, 0.717) is 25.6 Å². The van der Waals surface area contributed by atoms with E-state index in [1.807, 2.05) is 31.3 Å². The van der Waals surface area contributed by atoms with Crippen molar-refractivity contribution in [2.24, 2.45) is 17.6 Å². The Morgan fingerprint density at radius 2 is 2.26 bits per heavy atom. The molecule has 1 amide bonds. The molecular weight excluding hydrogens is 240 g/mol. The first-order valence-corrected chi connectivity index (χ1v) is 6.77. The van der Waals surface area contributed by atoms with E-state index in [1.54, 1.807) is 4.90 Å². The van der Waals surface area contributed by atoms with Crippen molar-refractivity contribution in [2.45, 2.75) is 13.3 Å². The second-order valence-electron chi connectivity index (χ2n) is 5.38. The first-order chi connectivity index (χ1) is 9.11. The van der Waals surface area contributed by atoms with Crippen molar-refractivity contribution in [3.05, 3.63) is 29.8 Å². The van der Waals surface area contributed by atoms with Gasteiger partial charge in [0.2, 0.25) is 5.91 Å². The summed E-state index contributed by atoms with van der Waals surface area (Å²) in [5.41, 5.74) is 6.72. The van der Waals surface area contributed by atoms with E-state index < -0.39 is 0 Å². The molecular formula is C15H22N2O2. The van der Waals surface area contributed by atoms with Gasteiger partial charge >= 0.3 is 0 Å². The third kappa shape index (κ3) is 3.26. The van der Waals surface area contributed by atoms with Gasteiger partial charge in [0.1, 0.15) is 12.4 Å². The molecule has 0 bridgehead atoms. The fourth-order valence-electron chi connectivity index (χ4n) is 2.43. The molecule has 1 aromatic carbocycles. The number of hydrogen-bond donors (Lipinski definition) is 1. The number of ether oxygens (including phenoxy) is 1. The topological polar surface area (TPSA) is 55.6 Å². The Bertz CT molecular complexity index is 448. The number of carbonyl (C=O) groups excluding carboxylic acids is 1. The van der Waals surface area contributed by atoms with Crippen molar-refractivity contribution < 1.29 is 9.53 Å². The molecule has 4 heteroatoms. The lowest BCUT2D eigenvalue weighted by molar-refractivity contribution is -0.136. The summed E-state index contributed by atoms with van der Waals surface area (Å²) >= 11 is 0. The summed E-state index contributed by atoms with van der Waals surface area (Å²) in [6, 6.07) is 7.92. The van der Waals surface area contributed by atoms with Crippen LogP contribution in [0.25, 0.3) is 0 Å². The number of amides is 1. The molecule has 1 aromatic rings. The van der Waals surface area contributed by atoms with Crippen LogP contribution in [0.2, 0.25) is 0 Å². The molecule has 19 heavy (non-hydrogen) atoms. The zero-order valence-electron chi connectivity index (χ0n) is 11.6. The van der Waals surface area contributed by atoms with Gasteiger partial charge in [-0.15, -0.1) is 0 Å². The second-order valence-corrected chi connectivity index (χ2v) is 5.38. The highest BCUT2D eigenvalue weighted by Crippen LogP contribution is 2.27. The first-order valence-electron chi connectivity index (χ1n) is 6.77. The van der Waals surface area contributed by atoms with Crippen LogP contribution in [0.15, 0.2) is 24.3 Å². The molecule has 0 radical (unpaired) electrons. The molecule has 0 saturated carbocycles. The molecule has 104 valence electrons. The van der Waals surface area contributed by atoms with Crippen molar-refractivity contribution in [3.8, 4) is 5.75 Å². The fourth-order valence-corrected chi connectivity index (χ4v) is 2.43. The number of fused-ring (bicyclic) bond motifs is 1. The monoisotopic (exact) mass is 262 g/mol. The smallest absolute Gasteiger partial charge is 0.229 e. The Morgan fingerprint density at radius 1 is 1.53 bits per heavy atom. The molecule has 1 heterocycles. The van der Waals surface area contributed by atoms with Crippen molar-refractivity contribution in [1.29, 1.82) is 0 Å². The zero-order chi connectivity index (χ0) is 13.8. The summed E-state index contributed by atoms with van der Waals surface area (Å²) in [5, 5.41) is 0. The normalized spacial score (nSPS) is 19.2. The van der Waals surface area contributed by atoms with Gasteiger partial charge < -0.3 is 15.4 Å². The number of nitrogens with zero attached hydrogens (tertiary/aromatic N) is 1. The van der Waals surface area contributed by atoms with Crippen LogP contribution in [-0.4, -0.2) is 37.6 Å². The summed E-state index contributed by atoms with van der Waals surface area (Å²) in [6.07, 6.45) is 0.760. The van der Waals surface area contributed by atoms with Crippen molar-refractivity contribution in [2.75, 3.05) is 26.7 Å². The van der Waals surface area contributed by atoms with Gasteiger partial charge in [-0.2, -0.15) is 0 Å². The molecule has 0 aliphatic carbocycles. The molecule has 1 aliphatic rings. The molecule has 0 fully saturated rings. The zero-order valence-corrected chi connectivity index (χ0v) is 11.6. The van der Waals surface area contributed by atoms with Crippen LogP contribution in [0.5, 0.6) is 5.75 Å². The van der Waals surface area contributed by atoms with Crippen LogP contribution in [0, 0.1) is 11.8 Å². The fraction of sp³-hybridized carbons (Fsp3) is 0.533. The number of rotatable bonds is 4. The molecule has 1 aliphatic heterocycles. The predicted octanol–water partition coefficient (Wildman–Crippen LogP) is 1.29. The van der Waals surface area contributed by atoms with Gasteiger partial charge in [-0.3, -0.25) is 4.79 Å². The maximum Gasteiger partial charge on any atom is 0.229 e. The van der Waals surface area contributed by atoms with Crippen LogP contribution >= 0.6 is 0 Å². The maximum absolute atomic E-state index is 12.4. The van der Waals surface area contributed by atoms with Gasteiger partial charge in [0.05, 0.1) is 5.92 Å². The van der Waals surface area contributed by atoms with E-state index in [4.69, 9.17) is 10.5 Å². The maximum atomic E-state index is 12.4. The molecule has 2 unspecified atom stereocenters. The van der Waals surface area contributed by atoms with Gasteiger partial charge in [-0.25, -0.2) is 0 Å². The number of carbonyl (C=O) groups is 1. The number of hydrogen-bond acceptors (Lipinski definition) is 3. The van der Waals surface area contributed by atoms with Crippen LogP contribution in [0.4, 0.5) is 0 Å². The standard InChI is InChI=1S/C15H22N2O2/c1-11(8-16)9-17(2)15(18)13-7-12-5-3-4-6-14(12)19-10-13/h3-6,11,13H,7-10,16H2,1-2H3.